The molecule has 4 heteroatoms. The first-order valence-electron chi connectivity index (χ1n) is 7.01. The highest BCUT2D eigenvalue weighted by molar-refractivity contribution is 6.02. The van der Waals surface area contributed by atoms with Gasteiger partial charge in [0.1, 0.15) is 11.8 Å². The van der Waals surface area contributed by atoms with Gasteiger partial charge >= 0.3 is 5.97 Å². The Labute approximate surface area is 123 Å². The molecule has 2 aromatic rings. The smallest absolute Gasteiger partial charge is 0.328 e. The fourth-order valence-electron chi connectivity index (χ4n) is 2.25. The summed E-state index contributed by atoms with van der Waals surface area (Å²) < 4.78 is 0. The Kier molecular flexibility index (Phi) is 4.58. The van der Waals surface area contributed by atoms with Crippen LogP contribution < -0.4 is 0 Å². The van der Waals surface area contributed by atoms with E-state index >= 15 is 0 Å². The molecule has 0 saturated heterocycles. The molecule has 0 heterocycles. The predicted molar refractivity (Wildman–Crippen MR) is 84.1 cm³/mol. The Morgan fingerprint density at radius 1 is 1.29 bits per heavy atom. The van der Waals surface area contributed by atoms with Crippen LogP contribution >= 0.6 is 0 Å². The van der Waals surface area contributed by atoms with E-state index < -0.39 is 12.0 Å². The first kappa shape index (κ1) is 15.0. The zero-order valence-corrected chi connectivity index (χ0v) is 12.2. The second-order valence-electron chi connectivity index (χ2n) is 5.17. The standard InChI is InChI=1S/C17H19NO3/c1-3-11(2)16(17(20)21)18-10-14-13-7-5-4-6-12(13)8-9-15(14)19/h4-11,16,19H,3H2,1-2H3,(H,20,21)/t11-,16-/m0/s1. The number of fused-ring (bicyclic) bond motifs is 1. The average Bonchev–Trinajstić information content (AvgIpc) is 2.48. The van der Waals surface area contributed by atoms with Gasteiger partial charge in [0.15, 0.2) is 0 Å². The summed E-state index contributed by atoms with van der Waals surface area (Å²) in [5.41, 5.74) is 0.558. The van der Waals surface area contributed by atoms with E-state index in [0.717, 1.165) is 17.2 Å². The van der Waals surface area contributed by atoms with Crippen LogP contribution in [0.2, 0.25) is 0 Å². The molecule has 0 aliphatic rings. The SMILES string of the molecule is CC[C@H](C)[C@H](N=Cc1c(O)ccc2ccccc12)C(=O)O. The van der Waals surface area contributed by atoms with Crippen LogP contribution in [0.15, 0.2) is 41.4 Å². The van der Waals surface area contributed by atoms with Crippen molar-refractivity contribution in [3.63, 3.8) is 0 Å². The van der Waals surface area contributed by atoms with Crippen LogP contribution in [0.4, 0.5) is 0 Å². The number of aromatic hydroxyl groups is 1. The normalized spacial score (nSPS) is 14.4. The number of phenolic OH excluding ortho intramolecular Hbond substituents is 1. The number of carbonyl (C=O) groups is 1. The maximum absolute atomic E-state index is 11.3. The molecular formula is C17H19NO3. The minimum atomic E-state index is -0.944. The number of phenols is 1. The van der Waals surface area contributed by atoms with Gasteiger partial charge in [0.25, 0.3) is 0 Å². The zero-order valence-electron chi connectivity index (χ0n) is 12.2. The summed E-state index contributed by atoms with van der Waals surface area (Å²) in [5.74, 6) is -0.901. The van der Waals surface area contributed by atoms with Gasteiger partial charge in [-0.15, -0.1) is 0 Å². The minimum Gasteiger partial charge on any atom is -0.507 e. The number of carboxylic acids is 1. The summed E-state index contributed by atoms with van der Waals surface area (Å²) in [6.45, 7) is 3.80. The van der Waals surface area contributed by atoms with Crippen molar-refractivity contribution in [1.82, 2.24) is 0 Å². The van der Waals surface area contributed by atoms with Gasteiger partial charge in [-0.25, -0.2) is 4.79 Å². The fourth-order valence-corrected chi connectivity index (χ4v) is 2.25. The van der Waals surface area contributed by atoms with Crippen molar-refractivity contribution in [2.24, 2.45) is 10.9 Å². The number of aliphatic carboxylic acids is 1. The van der Waals surface area contributed by atoms with E-state index in [1.165, 1.54) is 6.21 Å². The second kappa shape index (κ2) is 6.39. The predicted octanol–water partition coefficient (Wildman–Crippen LogP) is 3.46. The molecule has 0 spiro atoms. The molecular weight excluding hydrogens is 266 g/mol. The lowest BCUT2D eigenvalue weighted by Crippen LogP contribution is -2.25. The van der Waals surface area contributed by atoms with Crippen LogP contribution in [0.25, 0.3) is 10.8 Å². The van der Waals surface area contributed by atoms with Crippen molar-refractivity contribution in [3.05, 3.63) is 42.0 Å². The summed E-state index contributed by atoms with van der Waals surface area (Å²) in [6.07, 6.45) is 2.21. The molecule has 110 valence electrons. The highest BCUT2D eigenvalue weighted by Crippen LogP contribution is 2.26. The number of aliphatic imine (C=N–C) groups is 1. The molecule has 0 bridgehead atoms. The Morgan fingerprint density at radius 3 is 2.67 bits per heavy atom. The molecule has 2 atom stereocenters. The molecule has 0 fully saturated rings. The third-order valence-corrected chi connectivity index (χ3v) is 3.75. The lowest BCUT2D eigenvalue weighted by molar-refractivity contribution is -0.139. The molecule has 0 aliphatic heterocycles. The lowest BCUT2D eigenvalue weighted by Gasteiger charge is -2.14. The Morgan fingerprint density at radius 2 is 2.00 bits per heavy atom. The minimum absolute atomic E-state index is 0.0594. The summed E-state index contributed by atoms with van der Waals surface area (Å²) >= 11 is 0. The van der Waals surface area contributed by atoms with Crippen LogP contribution in [0.3, 0.4) is 0 Å². The van der Waals surface area contributed by atoms with Crippen LogP contribution in [-0.4, -0.2) is 28.4 Å². The van der Waals surface area contributed by atoms with Crippen LogP contribution in [0.1, 0.15) is 25.8 Å². The van der Waals surface area contributed by atoms with Gasteiger partial charge < -0.3 is 10.2 Å². The molecule has 2 N–H and O–H groups in total. The molecule has 0 aliphatic carbocycles. The molecule has 0 aromatic heterocycles. The molecule has 0 saturated carbocycles. The summed E-state index contributed by atoms with van der Waals surface area (Å²) in [5, 5.41) is 21.1. The maximum atomic E-state index is 11.3. The Hall–Kier alpha value is -2.36. The van der Waals surface area contributed by atoms with E-state index in [-0.39, 0.29) is 11.7 Å². The van der Waals surface area contributed by atoms with Crippen LogP contribution in [0.5, 0.6) is 5.75 Å². The van der Waals surface area contributed by atoms with E-state index in [2.05, 4.69) is 4.99 Å². The maximum Gasteiger partial charge on any atom is 0.328 e. The van der Waals surface area contributed by atoms with Gasteiger partial charge in [0.2, 0.25) is 0 Å². The van der Waals surface area contributed by atoms with Crippen molar-refractivity contribution in [2.45, 2.75) is 26.3 Å². The van der Waals surface area contributed by atoms with Crippen molar-refractivity contribution in [3.8, 4) is 5.75 Å². The first-order valence-corrected chi connectivity index (χ1v) is 7.01. The molecule has 2 rings (SSSR count). The topological polar surface area (TPSA) is 69.9 Å². The first-order chi connectivity index (χ1) is 10.0. The molecule has 21 heavy (non-hydrogen) atoms. The van der Waals surface area contributed by atoms with Crippen molar-refractivity contribution in [2.75, 3.05) is 0 Å². The summed E-state index contributed by atoms with van der Waals surface area (Å²) in [4.78, 5) is 15.5. The quantitative estimate of drug-likeness (QED) is 0.826. The third kappa shape index (κ3) is 3.21. The van der Waals surface area contributed by atoms with E-state index in [4.69, 9.17) is 0 Å². The number of hydrogen-bond acceptors (Lipinski definition) is 3. The molecule has 4 nitrogen and oxygen atoms in total. The fraction of sp³-hybridized carbons (Fsp3) is 0.294. The number of hydrogen-bond donors (Lipinski definition) is 2. The van der Waals surface area contributed by atoms with Gasteiger partial charge in [-0.1, -0.05) is 50.6 Å². The zero-order chi connectivity index (χ0) is 15.4. The Bertz CT molecular complexity index is 679. The van der Waals surface area contributed by atoms with Crippen molar-refractivity contribution < 1.29 is 15.0 Å². The van der Waals surface area contributed by atoms with Gasteiger partial charge in [-0.05, 0) is 22.8 Å². The summed E-state index contributed by atoms with van der Waals surface area (Å²) in [7, 11) is 0. The highest BCUT2D eigenvalue weighted by atomic mass is 16.4. The number of benzene rings is 2. The third-order valence-electron chi connectivity index (χ3n) is 3.75. The van der Waals surface area contributed by atoms with E-state index in [9.17, 15) is 15.0 Å². The van der Waals surface area contributed by atoms with Gasteiger partial charge in [0, 0.05) is 11.8 Å². The van der Waals surface area contributed by atoms with Crippen molar-refractivity contribution >= 4 is 23.0 Å². The molecule has 2 aromatic carbocycles. The van der Waals surface area contributed by atoms with E-state index in [1.807, 2.05) is 44.2 Å². The van der Waals surface area contributed by atoms with Gasteiger partial charge in [0.05, 0.1) is 0 Å². The largest absolute Gasteiger partial charge is 0.507 e. The van der Waals surface area contributed by atoms with Crippen LogP contribution in [-0.2, 0) is 4.79 Å². The van der Waals surface area contributed by atoms with Gasteiger partial charge in [-0.2, -0.15) is 0 Å². The number of nitrogens with zero attached hydrogens (tertiary/aromatic N) is 1. The molecule has 0 amide bonds. The number of rotatable bonds is 5. The highest BCUT2D eigenvalue weighted by Gasteiger charge is 2.21. The summed E-state index contributed by atoms with van der Waals surface area (Å²) in [6, 6.07) is 10.2. The average molecular weight is 285 g/mol. The Balaban J connectivity index is 2.44. The van der Waals surface area contributed by atoms with Crippen LogP contribution in [0, 0.1) is 5.92 Å². The van der Waals surface area contributed by atoms with Crippen molar-refractivity contribution in [1.29, 1.82) is 0 Å². The lowest BCUT2D eigenvalue weighted by atomic mass is 9.99. The second-order valence-corrected chi connectivity index (χ2v) is 5.17. The monoisotopic (exact) mass is 285 g/mol. The number of carboxylic acid groups (broad SMARTS) is 1. The van der Waals surface area contributed by atoms with Gasteiger partial charge in [-0.3, -0.25) is 4.99 Å². The molecule has 0 radical (unpaired) electrons. The molecule has 0 unspecified atom stereocenters. The van der Waals surface area contributed by atoms with E-state index in [0.29, 0.717) is 5.56 Å². The van der Waals surface area contributed by atoms with E-state index in [1.54, 1.807) is 6.07 Å².